The first-order chi connectivity index (χ1) is 15.1. The van der Waals surface area contributed by atoms with Gasteiger partial charge in [-0.3, -0.25) is 14.6 Å². The number of nitrogens with zero attached hydrogens (tertiary/aromatic N) is 4. The van der Waals surface area contributed by atoms with Crippen LogP contribution in [0.25, 0.3) is 10.2 Å². The lowest BCUT2D eigenvalue weighted by Gasteiger charge is -2.36. The van der Waals surface area contributed by atoms with Gasteiger partial charge in [-0.1, -0.05) is 25.5 Å². The van der Waals surface area contributed by atoms with Crippen LogP contribution in [-0.4, -0.2) is 70.0 Å². The molecule has 3 amide bonds. The highest BCUT2D eigenvalue weighted by molar-refractivity contribution is 7.18. The highest BCUT2D eigenvalue weighted by atomic mass is 32.1. The Kier molecular flexibility index (Phi) is 5.71. The number of hydrogen-bond acceptors (Lipinski definition) is 6. The number of urea groups is 1. The lowest BCUT2D eigenvalue weighted by Crippen LogP contribution is -2.52. The summed E-state index contributed by atoms with van der Waals surface area (Å²) in [6, 6.07) is 8.05. The lowest BCUT2D eigenvalue weighted by atomic mass is 9.75. The van der Waals surface area contributed by atoms with E-state index in [1.165, 1.54) is 9.60 Å². The number of imide groups is 1. The molecule has 31 heavy (non-hydrogen) atoms. The van der Waals surface area contributed by atoms with Crippen LogP contribution in [0.4, 0.5) is 4.79 Å². The summed E-state index contributed by atoms with van der Waals surface area (Å²) >= 11 is 1.76. The van der Waals surface area contributed by atoms with Crippen molar-refractivity contribution in [3.05, 3.63) is 29.3 Å². The van der Waals surface area contributed by atoms with E-state index in [0.29, 0.717) is 12.6 Å². The van der Waals surface area contributed by atoms with E-state index in [2.05, 4.69) is 40.2 Å². The van der Waals surface area contributed by atoms with Gasteiger partial charge in [-0.05, 0) is 43.7 Å². The molecule has 8 heteroatoms. The Bertz CT molecular complexity index is 927. The van der Waals surface area contributed by atoms with E-state index in [1.807, 2.05) is 6.07 Å². The summed E-state index contributed by atoms with van der Waals surface area (Å²) in [6.07, 6.45) is 4.77. The fourth-order valence-electron chi connectivity index (χ4n) is 5.19. The van der Waals surface area contributed by atoms with Gasteiger partial charge in [-0.2, -0.15) is 0 Å². The van der Waals surface area contributed by atoms with E-state index >= 15 is 0 Å². The number of rotatable bonds is 5. The molecule has 3 aliphatic rings. The molecule has 0 unspecified atom stereocenters. The Hall–Kier alpha value is -2.03. The lowest BCUT2D eigenvalue weighted by molar-refractivity contribution is -0.134. The summed E-state index contributed by atoms with van der Waals surface area (Å²) in [4.78, 5) is 36.6. The fourth-order valence-corrected chi connectivity index (χ4v) is 6.20. The molecule has 1 N–H and O–H groups in total. The number of carbonyl (C=O) groups excluding carboxylic acids is 2. The highest BCUT2D eigenvalue weighted by Crippen LogP contribution is 2.37. The second-order valence-electron chi connectivity index (χ2n) is 9.21. The molecule has 0 atom stereocenters. The topological polar surface area (TPSA) is 68.8 Å². The van der Waals surface area contributed by atoms with Gasteiger partial charge in [-0.15, -0.1) is 11.3 Å². The van der Waals surface area contributed by atoms with Crippen LogP contribution in [0.1, 0.15) is 44.0 Å². The molecule has 3 heterocycles. The maximum Gasteiger partial charge on any atom is 0.326 e. The number of para-hydroxylation sites is 1. The van der Waals surface area contributed by atoms with Crippen LogP contribution in [0, 0.1) is 5.92 Å². The van der Waals surface area contributed by atoms with Crippen LogP contribution in [0.5, 0.6) is 0 Å². The molecule has 0 bridgehead atoms. The van der Waals surface area contributed by atoms with Crippen molar-refractivity contribution in [1.29, 1.82) is 0 Å². The average molecular weight is 442 g/mol. The Balaban J connectivity index is 1.14. The van der Waals surface area contributed by atoms with Gasteiger partial charge in [0, 0.05) is 26.2 Å². The van der Waals surface area contributed by atoms with Gasteiger partial charge < -0.3 is 5.32 Å². The minimum atomic E-state index is -0.641. The highest BCUT2D eigenvalue weighted by Gasteiger charge is 2.52. The van der Waals surface area contributed by atoms with Crippen LogP contribution in [0.3, 0.4) is 0 Å². The van der Waals surface area contributed by atoms with Crippen LogP contribution >= 0.6 is 11.3 Å². The number of hydrogen-bond donors (Lipinski definition) is 1. The van der Waals surface area contributed by atoms with Crippen molar-refractivity contribution in [3.63, 3.8) is 0 Å². The van der Waals surface area contributed by atoms with E-state index in [1.54, 1.807) is 11.3 Å². The molecular formula is C23H31N5O2S. The molecule has 1 aromatic carbocycles. The largest absolute Gasteiger partial charge is 0.326 e. The maximum atomic E-state index is 13.2. The van der Waals surface area contributed by atoms with E-state index < -0.39 is 5.54 Å². The second-order valence-corrected chi connectivity index (χ2v) is 10.3. The van der Waals surface area contributed by atoms with E-state index in [9.17, 15) is 9.59 Å². The Morgan fingerprint density at radius 2 is 1.81 bits per heavy atom. The quantitative estimate of drug-likeness (QED) is 0.722. The Labute approximate surface area is 187 Å². The summed E-state index contributed by atoms with van der Waals surface area (Å²) in [5.74, 6) is 0.678. The van der Waals surface area contributed by atoms with Gasteiger partial charge in [0.05, 0.1) is 23.4 Å². The van der Waals surface area contributed by atoms with Crippen molar-refractivity contribution in [2.75, 3.05) is 32.8 Å². The summed E-state index contributed by atoms with van der Waals surface area (Å²) < 4.78 is 1.23. The first-order valence-corrected chi connectivity index (χ1v) is 12.3. The van der Waals surface area contributed by atoms with Crippen LogP contribution in [0.2, 0.25) is 0 Å². The monoisotopic (exact) mass is 441 g/mol. The fraction of sp³-hybridized carbons (Fsp3) is 0.609. The third-order valence-corrected chi connectivity index (χ3v) is 8.31. The SMILES string of the molecule is CCC1CCC2(CC1)NC(=O)N(CN1CCN(Cc3nc4ccccc4s3)CC1)C2=O. The van der Waals surface area contributed by atoms with Crippen molar-refractivity contribution < 1.29 is 9.59 Å². The van der Waals surface area contributed by atoms with E-state index in [0.717, 1.165) is 75.4 Å². The first kappa shape index (κ1) is 20.8. The third-order valence-electron chi connectivity index (χ3n) is 7.29. The number of aromatic nitrogens is 1. The Morgan fingerprint density at radius 3 is 2.52 bits per heavy atom. The molecule has 5 rings (SSSR count). The zero-order valence-corrected chi connectivity index (χ0v) is 19.0. The minimum absolute atomic E-state index is 0.0102. The van der Waals surface area contributed by atoms with Gasteiger partial charge in [0.25, 0.3) is 5.91 Å². The van der Waals surface area contributed by atoms with Gasteiger partial charge in [0.2, 0.25) is 0 Å². The van der Waals surface area contributed by atoms with E-state index in [4.69, 9.17) is 4.98 Å². The molecule has 3 fully saturated rings. The van der Waals surface area contributed by atoms with Crippen molar-refractivity contribution in [1.82, 2.24) is 25.0 Å². The van der Waals surface area contributed by atoms with Crippen LogP contribution in [0.15, 0.2) is 24.3 Å². The van der Waals surface area contributed by atoms with Crippen molar-refractivity contribution in [2.45, 2.75) is 51.1 Å². The van der Waals surface area contributed by atoms with Gasteiger partial charge >= 0.3 is 6.03 Å². The molecule has 2 aromatic rings. The smallest absolute Gasteiger partial charge is 0.323 e. The van der Waals surface area contributed by atoms with Gasteiger partial charge in [0.15, 0.2) is 0 Å². The van der Waals surface area contributed by atoms with Gasteiger partial charge in [0.1, 0.15) is 10.5 Å². The summed E-state index contributed by atoms with van der Waals surface area (Å²) in [5, 5.41) is 4.20. The molecule has 166 valence electrons. The molecule has 1 aliphatic carbocycles. The summed E-state index contributed by atoms with van der Waals surface area (Å²) in [5.41, 5.74) is 0.429. The molecule has 2 aliphatic heterocycles. The predicted octanol–water partition coefficient (Wildman–Crippen LogP) is 3.26. The number of thiazole rings is 1. The molecule has 2 saturated heterocycles. The molecule has 1 aromatic heterocycles. The standard InChI is InChI=1S/C23H31N5O2S/c1-2-17-7-9-23(10-8-17)21(29)28(22(30)25-23)16-27-13-11-26(12-14-27)15-20-24-18-5-3-4-6-19(18)31-20/h3-6,17H,2,7-16H2,1H3,(H,25,30). The minimum Gasteiger partial charge on any atom is -0.323 e. The third kappa shape index (κ3) is 4.08. The van der Waals surface area contributed by atoms with Crippen LogP contribution < -0.4 is 5.32 Å². The normalized spacial score (nSPS) is 28.0. The second kappa shape index (κ2) is 8.48. The van der Waals surface area contributed by atoms with Gasteiger partial charge in [-0.25, -0.2) is 14.7 Å². The van der Waals surface area contributed by atoms with Crippen molar-refractivity contribution in [2.24, 2.45) is 5.92 Å². The molecule has 0 radical (unpaired) electrons. The number of fused-ring (bicyclic) bond motifs is 1. The number of benzene rings is 1. The summed E-state index contributed by atoms with van der Waals surface area (Å²) in [7, 11) is 0. The molecular weight excluding hydrogens is 410 g/mol. The van der Waals surface area contributed by atoms with Crippen molar-refractivity contribution in [3.8, 4) is 0 Å². The first-order valence-electron chi connectivity index (χ1n) is 11.5. The molecule has 7 nitrogen and oxygen atoms in total. The molecule has 1 spiro atoms. The number of amides is 3. The number of nitrogens with one attached hydrogen (secondary N) is 1. The van der Waals surface area contributed by atoms with E-state index in [-0.39, 0.29) is 11.9 Å². The predicted molar refractivity (Wildman–Crippen MR) is 122 cm³/mol. The zero-order chi connectivity index (χ0) is 21.4. The zero-order valence-electron chi connectivity index (χ0n) is 18.2. The van der Waals surface area contributed by atoms with Crippen LogP contribution in [-0.2, 0) is 11.3 Å². The summed E-state index contributed by atoms with van der Waals surface area (Å²) in [6.45, 7) is 7.02. The molecule has 1 saturated carbocycles. The number of piperazine rings is 1. The average Bonchev–Trinajstić information content (AvgIpc) is 3.29. The Morgan fingerprint density at radius 1 is 1.10 bits per heavy atom. The van der Waals surface area contributed by atoms with Crippen molar-refractivity contribution >= 4 is 33.5 Å². The number of carbonyl (C=O) groups is 2. The maximum absolute atomic E-state index is 13.2.